The first-order valence-corrected chi connectivity index (χ1v) is 10.1. The predicted molar refractivity (Wildman–Crippen MR) is 119 cm³/mol. The van der Waals surface area contributed by atoms with Crippen LogP contribution in [0.5, 0.6) is 0 Å². The highest BCUT2D eigenvalue weighted by molar-refractivity contribution is 6.31. The number of carboxylic acids is 2. The van der Waals surface area contributed by atoms with Crippen LogP contribution in [-0.2, 0) is 15.0 Å². The van der Waals surface area contributed by atoms with Gasteiger partial charge in [-0.3, -0.25) is 4.79 Å². The summed E-state index contributed by atoms with van der Waals surface area (Å²) in [5, 5.41) is 20.2. The van der Waals surface area contributed by atoms with Crippen LogP contribution in [-0.4, -0.2) is 28.2 Å². The third kappa shape index (κ3) is 3.82. The number of rotatable bonds is 4. The lowest BCUT2D eigenvalue weighted by atomic mass is 9.70. The van der Waals surface area contributed by atoms with Gasteiger partial charge in [0.05, 0.1) is 6.04 Å². The molecule has 30 heavy (non-hydrogen) atoms. The van der Waals surface area contributed by atoms with E-state index in [-0.39, 0.29) is 17.4 Å². The van der Waals surface area contributed by atoms with Crippen LogP contribution in [0.25, 0.3) is 0 Å². The molecule has 6 heteroatoms. The minimum atomic E-state index is -1.52. The van der Waals surface area contributed by atoms with Gasteiger partial charge >= 0.3 is 11.9 Å². The van der Waals surface area contributed by atoms with Crippen molar-refractivity contribution in [2.24, 2.45) is 5.41 Å². The van der Waals surface area contributed by atoms with E-state index < -0.39 is 23.4 Å². The van der Waals surface area contributed by atoms with Crippen LogP contribution < -0.4 is 4.90 Å². The van der Waals surface area contributed by atoms with Crippen LogP contribution in [0.2, 0.25) is 0 Å². The summed E-state index contributed by atoms with van der Waals surface area (Å²) in [4.78, 5) is 26.1. The minimum absolute atomic E-state index is 0.0136. The zero-order valence-electron chi connectivity index (χ0n) is 17.5. The average molecular weight is 428 g/mol. The van der Waals surface area contributed by atoms with Gasteiger partial charge in [0, 0.05) is 28.9 Å². The summed E-state index contributed by atoms with van der Waals surface area (Å²) in [6, 6.07) is 7.14. The molecule has 0 bridgehead atoms. The number of nitrogens with zero attached hydrogens (tertiary/aromatic N) is 1. The van der Waals surface area contributed by atoms with E-state index >= 15 is 0 Å². The third-order valence-electron chi connectivity index (χ3n) is 5.79. The number of allylic oxidation sites excluding steroid dienone is 4. The summed E-state index contributed by atoms with van der Waals surface area (Å²) in [5.74, 6) is -2.23. The summed E-state index contributed by atoms with van der Waals surface area (Å²) >= 11 is 6.57. The molecule has 0 saturated heterocycles. The predicted octanol–water partition coefficient (Wildman–Crippen LogP) is 5.24. The van der Waals surface area contributed by atoms with Gasteiger partial charge in [-0.05, 0) is 47.8 Å². The van der Waals surface area contributed by atoms with E-state index in [2.05, 4.69) is 20.8 Å². The highest BCUT2D eigenvalue weighted by atomic mass is 35.5. The van der Waals surface area contributed by atoms with Crippen molar-refractivity contribution in [3.8, 4) is 0 Å². The van der Waals surface area contributed by atoms with Crippen LogP contribution >= 0.6 is 11.6 Å². The molecule has 0 aromatic heterocycles. The highest BCUT2D eigenvalue weighted by Crippen LogP contribution is 2.46. The average Bonchev–Trinajstić information content (AvgIpc) is 2.67. The molecule has 0 amide bonds. The second kappa shape index (κ2) is 7.80. The summed E-state index contributed by atoms with van der Waals surface area (Å²) in [6.07, 6.45) is 8.21. The fourth-order valence-electron chi connectivity index (χ4n) is 3.96. The molecule has 0 spiro atoms. The van der Waals surface area contributed by atoms with Gasteiger partial charge in [-0.1, -0.05) is 56.7 Å². The fourth-order valence-corrected chi connectivity index (χ4v) is 4.33. The maximum atomic E-state index is 12.6. The Labute approximate surface area is 181 Å². The lowest BCUT2D eigenvalue weighted by Crippen LogP contribution is -2.52. The number of hydrogen-bond donors (Lipinski definition) is 2. The Morgan fingerprint density at radius 1 is 1.17 bits per heavy atom. The Hall–Kier alpha value is -2.79. The Morgan fingerprint density at radius 2 is 1.80 bits per heavy atom. The normalized spacial score (nSPS) is 24.1. The molecule has 1 aliphatic carbocycles. The van der Waals surface area contributed by atoms with Gasteiger partial charge in [0.15, 0.2) is 0 Å². The molecule has 2 aliphatic rings. The van der Waals surface area contributed by atoms with Crippen molar-refractivity contribution in [1.29, 1.82) is 0 Å². The molecule has 0 radical (unpaired) electrons. The zero-order chi connectivity index (χ0) is 22.3. The lowest BCUT2D eigenvalue weighted by Gasteiger charge is -2.44. The highest BCUT2D eigenvalue weighted by Gasteiger charge is 2.51. The Bertz CT molecular complexity index is 995. The number of carboxylic acid groups (broad SMARTS) is 2. The van der Waals surface area contributed by atoms with Gasteiger partial charge in [0.2, 0.25) is 0 Å². The number of hydrogen-bond acceptors (Lipinski definition) is 3. The first kappa shape index (κ1) is 21.9. The Balaban J connectivity index is 2.09. The fraction of sp³-hybridized carbons (Fsp3) is 0.333. The van der Waals surface area contributed by atoms with E-state index in [0.29, 0.717) is 10.6 Å². The van der Waals surface area contributed by atoms with Crippen molar-refractivity contribution < 1.29 is 19.8 Å². The number of carbonyl (C=O) groups is 2. The van der Waals surface area contributed by atoms with Crippen molar-refractivity contribution in [3.63, 3.8) is 0 Å². The van der Waals surface area contributed by atoms with Crippen LogP contribution in [0.15, 0.2) is 70.9 Å². The molecular formula is C24H26ClNO4. The van der Waals surface area contributed by atoms with Crippen LogP contribution in [0.4, 0.5) is 5.69 Å². The summed E-state index contributed by atoms with van der Waals surface area (Å²) < 4.78 is 0. The van der Waals surface area contributed by atoms with Gasteiger partial charge < -0.3 is 15.1 Å². The molecule has 1 aliphatic heterocycles. The molecule has 5 nitrogen and oxygen atoms in total. The number of halogens is 1. The molecule has 0 fully saturated rings. The second-order valence-corrected chi connectivity index (χ2v) is 9.26. The van der Waals surface area contributed by atoms with Crippen molar-refractivity contribution in [3.05, 3.63) is 76.5 Å². The van der Waals surface area contributed by atoms with E-state index in [1.807, 2.05) is 29.2 Å². The smallest absolute Gasteiger partial charge is 0.331 e. The van der Waals surface area contributed by atoms with Gasteiger partial charge in [-0.2, -0.15) is 0 Å². The molecule has 158 valence electrons. The molecule has 1 aromatic rings. The molecule has 2 atom stereocenters. The van der Waals surface area contributed by atoms with Crippen LogP contribution in [0, 0.1) is 5.41 Å². The topological polar surface area (TPSA) is 77.8 Å². The van der Waals surface area contributed by atoms with Gasteiger partial charge in [-0.25, -0.2) is 4.79 Å². The lowest BCUT2D eigenvalue weighted by molar-refractivity contribution is -0.146. The van der Waals surface area contributed by atoms with E-state index in [1.165, 1.54) is 0 Å². The van der Waals surface area contributed by atoms with E-state index in [9.17, 15) is 19.8 Å². The SMILES string of the molecule is CC1=C(C(=O)O)CC(C(=O)O)(C2C(Cl)=CC=CN2c2ccc(C(C)(C)C)cc2)C=C1. The number of anilines is 1. The summed E-state index contributed by atoms with van der Waals surface area (Å²) in [6.45, 7) is 8.05. The van der Waals surface area contributed by atoms with E-state index in [0.717, 1.165) is 11.3 Å². The van der Waals surface area contributed by atoms with Gasteiger partial charge in [0.25, 0.3) is 0 Å². The monoisotopic (exact) mass is 427 g/mol. The molecule has 2 N–H and O–H groups in total. The van der Waals surface area contributed by atoms with Gasteiger partial charge in [0.1, 0.15) is 5.41 Å². The molecular weight excluding hydrogens is 402 g/mol. The van der Waals surface area contributed by atoms with Crippen molar-refractivity contribution in [1.82, 2.24) is 0 Å². The van der Waals surface area contributed by atoms with E-state index in [4.69, 9.17) is 11.6 Å². The van der Waals surface area contributed by atoms with E-state index in [1.54, 1.807) is 37.4 Å². The first-order valence-electron chi connectivity index (χ1n) is 9.76. The zero-order valence-corrected chi connectivity index (χ0v) is 18.3. The molecule has 1 aromatic carbocycles. The van der Waals surface area contributed by atoms with Crippen LogP contribution in [0.3, 0.4) is 0 Å². The van der Waals surface area contributed by atoms with Crippen LogP contribution in [0.1, 0.15) is 39.7 Å². The molecule has 0 saturated carbocycles. The second-order valence-electron chi connectivity index (χ2n) is 8.82. The molecule has 1 heterocycles. The van der Waals surface area contributed by atoms with Crippen molar-refractivity contribution in [2.45, 2.75) is 45.6 Å². The van der Waals surface area contributed by atoms with Crippen molar-refractivity contribution >= 4 is 29.2 Å². The molecule has 2 unspecified atom stereocenters. The standard InChI is InChI=1S/C24H26ClNO4/c1-15-11-12-24(22(29)30,14-18(15)21(27)28)20-19(25)6-5-13-26(20)17-9-7-16(8-10-17)23(2,3)4/h5-13,20H,14H2,1-4H3,(H,27,28)(H,29,30). The molecule has 3 rings (SSSR count). The third-order valence-corrected chi connectivity index (χ3v) is 6.13. The Morgan fingerprint density at radius 3 is 2.33 bits per heavy atom. The maximum Gasteiger partial charge on any atom is 0.331 e. The summed E-state index contributed by atoms with van der Waals surface area (Å²) in [5.41, 5.74) is 1.04. The number of benzene rings is 1. The Kier molecular flexibility index (Phi) is 5.70. The quantitative estimate of drug-likeness (QED) is 0.686. The van der Waals surface area contributed by atoms with Gasteiger partial charge in [-0.15, -0.1) is 0 Å². The largest absolute Gasteiger partial charge is 0.481 e. The summed E-state index contributed by atoms with van der Waals surface area (Å²) in [7, 11) is 0. The maximum absolute atomic E-state index is 12.6. The van der Waals surface area contributed by atoms with Crippen molar-refractivity contribution in [2.75, 3.05) is 4.90 Å². The minimum Gasteiger partial charge on any atom is -0.481 e. The first-order chi connectivity index (χ1) is 14.0. The number of aliphatic carboxylic acids is 2.